The first-order valence-electron chi connectivity index (χ1n) is 6.46. The number of aromatic nitrogens is 1. The number of guanidine groups is 1. The van der Waals surface area contributed by atoms with E-state index in [1.165, 1.54) is 24.3 Å². The highest BCUT2D eigenvalue weighted by atomic mass is 127. The summed E-state index contributed by atoms with van der Waals surface area (Å²) in [6.45, 7) is 1.82. The van der Waals surface area contributed by atoms with Crippen LogP contribution in [0.5, 0.6) is 0 Å². The molecule has 0 radical (unpaired) electrons. The van der Waals surface area contributed by atoms with Gasteiger partial charge in [-0.15, -0.1) is 24.0 Å². The maximum atomic E-state index is 4.25. The molecule has 2 rings (SSSR count). The molecule has 1 aromatic heterocycles. The van der Waals surface area contributed by atoms with Gasteiger partial charge in [0.25, 0.3) is 0 Å². The van der Waals surface area contributed by atoms with Crippen molar-refractivity contribution in [1.29, 1.82) is 0 Å². The molecule has 1 unspecified atom stereocenters. The fraction of sp³-hybridized carbons (Fsp3) is 0.615. The van der Waals surface area contributed by atoms with Crippen LogP contribution < -0.4 is 10.6 Å². The number of nitrogens with zero attached hydrogens (tertiary/aromatic N) is 2. The predicted octanol–water partition coefficient (Wildman–Crippen LogP) is 2.20. The summed E-state index contributed by atoms with van der Waals surface area (Å²) in [7, 11) is 3.88. The summed E-state index contributed by atoms with van der Waals surface area (Å²) in [5, 5.41) is 7.50. The molecule has 0 saturated carbocycles. The summed E-state index contributed by atoms with van der Waals surface area (Å²) in [4.78, 5) is 4.25. The first-order valence-corrected chi connectivity index (χ1v) is 7.51. The number of thioether (sulfide) groups is 1. The molecule has 6 heteroatoms. The van der Waals surface area contributed by atoms with Crippen LogP contribution in [0.4, 0.5) is 0 Å². The van der Waals surface area contributed by atoms with E-state index in [0.717, 1.165) is 24.3 Å². The Morgan fingerprint density at radius 1 is 1.53 bits per heavy atom. The Balaban J connectivity index is 0.00000180. The van der Waals surface area contributed by atoms with E-state index < -0.39 is 0 Å². The summed E-state index contributed by atoms with van der Waals surface area (Å²) in [6, 6.07) is 4.18. The number of aliphatic imine (C=N–C) groups is 1. The van der Waals surface area contributed by atoms with Gasteiger partial charge in [0, 0.05) is 37.8 Å². The number of halogens is 1. The molecule has 1 atom stereocenters. The molecule has 0 spiro atoms. The highest BCUT2D eigenvalue weighted by molar-refractivity contribution is 14.0. The third-order valence-electron chi connectivity index (χ3n) is 3.23. The van der Waals surface area contributed by atoms with Crippen LogP contribution in [0.2, 0.25) is 0 Å². The Kier molecular flexibility index (Phi) is 7.67. The lowest BCUT2D eigenvalue weighted by Crippen LogP contribution is -2.40. The molecule has 0 aliphatic carbocycles. The van der Waals surface area contributed by atoms with Crippen LogP contribution in [-0.4, -0.2) is 35.1 Å². The van der Waals surface area contributed by atoms with E-state index in [4.69, 9.17) is 0 Å². The Labute approximate surface area is 136 Å². The van der Waals surface area contributed by atoms with Crippen molar-refractivity contribution in [3.05, 3.63) is 24.0 Å². The maximum Gasteiger partial charge on any atom is 0.191 e. The Morgan fingerprint density at radius 2 is 2.37 bits per heavy atom. The molecular formula is C13H23IN4S. The lowest BCUT2D eigenvalue weighted by molar-refractivity contribution is 0.714. The molecule has 0 amide bonds. The first-order chi connectivity index (χ1) is 8.79. The van der Waals surface area contributed by atoms with E-state index in [-0.39, 0.29) is 24.0 Å². The van der Waals surface area contributed by atoms with Crippen molar-refractivity contribution in [2.45, 2.75) is 24.6 Å². The quantitative estimate of drug-likeness (QED) is 0.468. The number of aryl methyl sites for hydroxylation is 1. The van der Waals surface area contributed by atoms with Crippen LogP contribution in [0.1, 0.15) is 18.5 Å². The standard InChI is InChI=1S/C13H22N4S.HI/c1-14-13(16-10-12-6-4-8-18-12)15-9-11-5-3-7-17(11)2;/h3,5,7,12H,4,6,8-10H2,1-2H3,(H2,14,15,16);1H. The second-order valence-corrected chi connectivity index (χ2v) is 5.96. The van der Waals surface area contributed by atoms with Gasteiger partial charge in [0.1, 0.15) is 0 Å². The van der Waals surface area contributed by atoms with Crippen molar-refractivity contribution < 1.29 is 0 Å². The zero-order valence-electron chi connectivity index (χ0n) is 11.6. The fourth-order valence-electron chi connectivity index (χ4n) is 2.09. The highest BCUT2D eigenvalue weighted by Crippen LogP contribution is 2.25. The van der Waals surface area contributed by atoms with Crippen LogP contribution in [0.15, 0.2) is 23.3 Å². The van der Waals surface area contributed by atoms with Gasteiger partial charge in [0.2, 0.25) is 0 Å². The minimum absolute atomic E-state index is 0. The number of rotatable bonds is 4. The molecule has 1 fully saturated rings. The third kappa shape index (κ3) is 5.25. The molecule has 1 aliphatic heterocycles. The summed E-state index contributed by atoms with van der Waals surface area (Å²) < 4.78 is 2.12. The summed E-state index contributed by atoms with van der Waals surface area (Å²) in [5.41, 5.74) is 1.26. The number of nitrogens with one attached hydrogen (secondary N) is 2. The fourth-order valence-corrected chi connectivity index (χ4v) is 3.29. The summed E-state index contributed by atoms with van der Waals surface area (Å²) >= 11 is 2.06. The zero-order chi connectivity index (χ0) is 12.8. The van der Waals surface area contributed by atoms with Crippen molar-refractivity contribution in [2.24, 2.45) is 12.0 Å². The molecule has 19 heavy (non-hydrogen) atoms. The molecule has 1 saturated heterocycles. The van der Waals surface area contributed by atoms with E-state index in [1.807, 2.05) is 7.05 Å². The molecular weight excluding hydrogens is 371 g/mol. The topological polar surface area (TPSA) is 41.4 Å². The Hall–Kier alpha value is -0.370. The monoisotopic (exact) mass is 394 g/mol. The lowest BCUT2D eigenvalue weighted by atomic mass is 10.2. The van der Waals surface area contributed by atoms with Gasteiger partial charge in [0.15, 0.2) is 5.96 Å². The Morgan fingerprint density at radius 3 is 2.95 bits per heavy atom. The molecule has 0 bridgehead atoms. The number of hydrogen-bond acceptors (Lipinski definition) is 2. The Bertz CT molecular complexity index is 399. The van der Waals surface area contributed by atoms with Crippen molar-refractivity contribution >= 4 is 41.7 Å². The highest BCUT2D eigenvalue weighted by Gasteiger charge is 2.15. The van der Waals surface area contributed by atoms with Gasteiger partial charge in [-0.3, -0.25) is 4.99 Å². The second kappa shape index (κ2) is 8.73. The van der Waals surface area contributed by atoms with Gasteiger partial charge in [-0.25, -0.2) is 0 Å². The van der Waals surface area contributed by atoms with Crippen molar-refractivity contribution in [3.8, 4) is 0 Å². The average Bonchev–Trinajstić information content (AvgIpc) is 3.01. The minimum atomic E-state index is 0. The molecule has 4 nitrogen and oxygen atoms in total. The van der Waals surface area contributed by atoms with Crippen LogP contribution in [0, 0.1) is 0 Å². The van der Waals surface area contributed by atoms with Gasteiger partial charge < -0.3 is 15.2 Å². The molecule has 1 aliphatic rings. The van der Waals surface area contributed by atoms with E-state index in [0.29, 0.717) is 0 Å². The lowest BCUT2D eigenvalue weighted by Gasteiger charge is -2.15. The molecule has 2 heterocycles. The number of hydrogen-bond donors (Lipinski definition) is 2. The summed E-state index contributed by atoms with van der Waals surface area (Å²) in [6.07, 6.45) is 4.74. The minimum Gasteiger partial charge on any atom is -0.355 e. The molecule has 1 aromatic rings. The molecule has 2 N–H and O–H groups in total. The van der Waals surface area contributed by atoms with Gasteiger partial charge in [-0.1, -0.05) is 0 Å². The van der Waals surface area contributed by atoms with E-state index in [1.54, 1.807) is 0 Å². The SMILES string of the molecule is CN=C(NCc1cccn1C)NCC1CCCS1.I. The van der Waals surface area contributed by atoms with E-state index >= 15 is 0 Å². The smallest absolute Gasteiger partial charge is 0.191 e. The second-order valence-electron chi connectivity index (χ2n) is 4.55. The van der Waals surface area contributed by atoms with E-state index in [9.17, 15) is 0 Å². The van der Waals surface area contributed by atoms with E-state index in [2.05, 4.69) is 57.3 Å². The van der Waals surface area contributed by atoms with Crippen LogP contribution in [0.25, 0.3) is 0 Å². The van der Waals surface area contributed by atoms with Crippen molar-refractivity contribution in [2.75, 3.05) is 19.3 Å². The normalized spacial score (nSPS) is 19.1. The van der Waals surface area contributed by atoms with Gasteiger partial charge in [-0.05, 0) is 30.7 Å². The average molecular weight is 394 g/mol. The predicted molar refractivity (Wildman–Crippen MR) is 94.5 cm³/mol. The molecule has 108 valence electrons. The largest absolute Gasteiger partial charge is 0.355 e. The van der Waals surface area contributed by atoms with Gasteiger partial charge >= 0.3 is 0 Å². The first kappa shape index (κ1) is 16.7. The maximum absolute atomic E-state index is 4.25. The zero-order valence-corrected chi connectivity index (χ0v) is 14.7. The van der Waals surface area contributed by atoms with Crippen LogP contribution in [-0.2, 0) is 13.6 Å². The van der Waals surface area contributed by atoms with Crippen molar-refractivity contribution in [1.82, 2.24) is 15.2 Å². The van der Waals surface area contributed by atoms with Gasteiger partial charge in [0.05, 0.1) is 6.54 Å². The van der Waals surface area contributed by atoms with Crippen LogP contribution in [0.3, 0.4) is 0 Å². The third-order valence-corrected chi connectivity index (χ3v) is 4.63. The molecule has 0 aromatic carbocycles. The summed E-state index contributed by atoms with van der Waals surface area (Å²) in [5.74, 6) is 2.20. The van der Waals surface area contributed by atoms with Crippen LogP contribution >= 0.6 is 35.7 Å². The van der Waals surface area contributed by atoms with Gasteiger partial charge in [-0.2, -0.15) is 11.8 Å². The van der Waals surface area contributed by atoms with Crippen molar-refractivity contribution in [3.63, 3.8) is 0 Å².